The van der Waals surface area contributed by atoms with Gasteiger partial charge in [-0.05, 0) is 13.3 Å². The summed E-state index contributed by atoms with van der Waals surface area (Å²) in [6, 6.07) is -1.28. The molecule has 8 nitrogen and oxygen atoms in total. The lowest BCUT2D eigenvalue weighted by atomic mass is 10.1. The zero-order chi connectivity index (χ0) is 15.5. The quantitative estimate of drug-likeness (QED) is 0.429. The van der Waals surface area contributed by atoms with E-state index in [0.29, 0.717) is 19.6 Å². The van der Waals surface area contributed by atoms with Gasteiger partial charge in [0.25, 0.3) is 0 Å². The molecule has 0 radical (unpaired) electrons. The number of hydrogen-bond donors (Lipinski definition) is 4. The lowest BCUT2D eigenvalue weighted by Gasteiger charge is -2.16. The highest BCUT2D eigenvalue weighted by molar-refractivity contribution is 5.86. The summed E-state index contributed by atoms with van der Waals surface area (Å²) in [5.41, 5.74) is 0. The van der Waals surface area contributed by atoms with Gasteiger partial charge in [0.05, 0.1) is 12.5 Å². The molecule has 20 heavy (non-hydrogen) atoms. The number of carbonyl (C=O) groups excluding carboxylic acids is 2. The van der Waals surface area contributed by atoms with Crippen molar-refractivity contribution in [3.63, 3.8) is 0 Å². The molecule has 0 spiro atoms. The minimum absolute atomic E-state index is 0.0235. The monoisotopic (exact) mass is 289 g/mol. The first kappa shape index (κ1) is 18.2. The van der Waals surface area contributed by atoms with E-state index in [2.05, 4.69) is 16.0 Å². The minimum Gasteiger partial charge on any atom is -0.481 e. The molecule has 0 aromatic rings. The van der Waals surface area contributed by atoms with Crippen molar-refractivity contribution in [1.82, 2.24) is 16.0 Å². The van der Waals surface area contributed by atoms with E-state index in [1.54, 1.807) is 6.92 Å². The number of carboxylic acids is 1. The van der Waals surface area contributed by atoms with Gasteiger partial charge in [0.15, 0.2) is 0 Å². The van der Waals surface area contributed by atoms with Crippen molar-refractivity contribution in [2.75, 3.05) is 26.8 Å². The fraction of sp³-hybridized carbons (Fsp3) is 0.750. The second-order valence-electron chi connectivity index (χ2n) is 4.30. The highest BCUT2D eigenvalue weighted by Crippen LogP contribution is 2.00. The van der Waals surface area contributed by atoms with Crippen LogP contribution in [0, 0.1) is 5.92 Å². The van der Waals surface area contributed by atoms with E-state index in [1.165, 1.54) is 14.0 Å². The van der Waals surface area contributed by atoms with Crippen molar-refractivity contribution in [1.29, 1.82) is 0 Å². The SMILES string of the molecule is CCC(CNC(=O)NC(C)C(=O)NCCOC)C(=O)O. The first-order valence-corrected chi connectivity index (χ1v) is 6.46. The van der Waals surface area contributed by atoms with E-state index >= 15 is 0 Å². The molecule has 0 aliphatic rings. The molecule has 0 fully saturated rings. The summed E-state index contributed by atoms with van der Waals surface area (Å²) in [6.45, 7) is 4.04. The highest BCUT2D eigenvalue weighted by Gasteiger charge is 2.18. The number of nitrogens with one attached hydrogen (secondary N) is 3. The van der Waals surface area contributed by atoms with E-state index in [4.69, 9.17) is 9.84 Å². The summed E-state index contributed by atoms with van der Waals surface area (Å²) < 4.78 is 4.78. The van der Waals surface area contributed by atoms with Crippen LogP contribution in [0.5, 0.6) is 0 Å². The number of carboxylic acid groups (broad SMARTS) is 1. The molecule has 2 unspecified atom stereocenters. The molecule has 0 saturated carbocycles. The number of aliphatic carboxylic acids is 1. The molecule has 4 N–H and O–H groups in total. The number of urea groups is 1. The Labute approximate surface area is 118 Å². The third-order valence-electron chi connectivity index (χ3n) is 2.70. The van der Waals surface area contributed by atoms with E-state index in [-0.39, 0.29) is 12.5 Å². The Kier molecular flexibility index (Phi) is 9.10. The summed E-state index contributed by atoms with van der Waals surface area (Å²) in [5.74, 6) is -1.92. The molecule has 0 bridgehead atoms. The van der Waals surface area contributed by atoms with Gasteiger partial charge in [-0.15, -0.1) is 0 Å². The van der Waals surface area contributed by atoms with Crippen LogP contribution in [0.3, 0.4) is 0 Å². The van der Waals surface area contributed by atoms with Gasteiger partial charge >= 0.3 is 12.0 Å². The zero-order valence-electron chi connectivity index (χ0n) is 12.1. The Morgan fingerprint density at radius 1 is 1.25 bits per heavy atom. The largest absolute Gasteiger partial charge is 0.481 e. The maximum atomic E-state index is 11.6. The molecule has 0 aromatic heterocycles. The van der Waals surface area contributed by atoms with Crippen molar-refractivity contribution >= 4 is 17.9 Å². The van der Waals surface area contributed by atoms with E-state index in [0.717, 1.165) is 0 Å². The van der Waals surface area contributed by atoms with Crippen LogP contribution >= 0.6 is 0 Å². The van der Waals surface area contributed by atoms with Gasteiger partial charge in [-0.25, -0.2) is 4.79 Å². The Balaban J connectivity index is 4.00. The van der Waals surface area contributed by atoms with Gasteiger partial charge < -0.3 is 25.8 Å². The van der Waals surface area contributed by atoms with Crippen LogP contribution in [-0.4, -0.2) is 55.9 Å². The predicted octanol–water partition coefficient (Wildman–Crippen LogP) is -0.452. The average Bonchev–Trinajstić information content (AvgIpc) is 2.39. The van der Waals surface area contributed by atoms with Gasteiger partial charge in [0, 0.05) is 20.2 Å². The maximum absolute atomic E-state index is 11.6. The number of amides is 3. The number of carbonyl (C=O) groups is 3. The topological polar surface area (TPSA) is 117 Å². The number of methoxy groups -OCH3 is 1. The van der Waals surface area contributed by atoms with Crippen LogP contribution in [0.25, 0.3) is 0 Å². The molecule has 2 atom stereocenters. The molecule has 116 valence electrons. The van der Waals surface area contributed by atoms with Crippen LogP contribution in [0.2, 0.25) is 0 Å². The van der Waals surface area contributed by atoms with Crippen LogP contribution in [0.1, 0.15) is 20.3 Å². The summed E-state index contributed by atoms with van der Waals surface area (Å²) in [7, 11) is 1.52. The Morgan fingerprint density at radius 2 is 1.90 bits per heavy atom. The van der Waals surface area contributed by atoms with E-state index in [9.17, 15) is 14.4 Å². The zero-order valence-corrected chi connectivity index (χ0v) is 12.1. The standard InChI is InChI=1S/C12H23N3O5/c1-4-9(11(17)18)7-14-12(19)15-8(2)10(16)13-5-6-20-3/h8-9H,4-7H2,1-3H3,(H,13,16)(H,17,18)(H2,14,15,19). The van der Waals surface area contributed by atoms with Crippen LogP contribution < -0.4 is 16.0 Å². The van der Waals surface area contributed by atoms with Gasteiger partial charge in [0.1, 0.15) is 6.04 Å². The van der Waals surface area contributed by atoms with Crippen LogP contribution in [-0.2, 0) is 14.3 Å². The Bertz CT molecular complexity index is 335. The smallest absolute Gasteiger partial charge is 0.315 e. The van der Waals surface area contributed by atoms with Crippen molar-refractivity contribution in [3.05, 3.63) is 0 Å². The van der Waals surface area contributed by atoms with Crippen LogP contribution in [0.15, 0.2) is 0 Å². The summed E-state index contributed by atoms with van der Waals surface area (Å²) in [6.07, 6.45) is 0.419. The highest BCUT2D eigenvalue weighted by atomic mass is 16.5. The summed E-state index contributed by atoms with van der Waals surface area (Å²) in [5, 5.41) is 16.3. The molecule has 0 saturated heterocycles. The van der Waals surface area contributed by atoms with Crippen molar-refractivity contribution in [3.8, 4) is 0 Å². The fourth-order valence-electron chi connectivity index (χ4n) is 1.36. The number of hydrogen-bond acceptors (Lipinski definition) is 4. The van der Waals surface area contributed by atoms with Gasteiger partial charge in [-0.2, -0.15) is 0 Å². The Hall–Kier alpha value is -1.83. The van der Waals surface area contributed by atoms with Gasteiger partial charge in [-0.3, -0.25) is 9.59 Å². The summed E-state index contributed by atoms with van der Waals surface area (Å²) >= 11 is 0. The molecular formula is C12H23N3O5. The van der Waals surface area contributed by atoms with Gasteiger partial charge in [-0.1, -0.05) is 6.92 Å². The number of ether oxygens (including phenoxy) is 1. The van der Waals surface area contributed by atoms with Crippen molar-refractivity contribution < 1.29 is 24.2 Å². The van der Waals surface area contributed by atoms with E-state index in [1.807, 2.05) is 0 Å². The molecule has 0 heterocycles. The predicted molar refractivity (Wildman–Crippen MR) is 72.3 cm³/mol. The summed E-state index contributed by atoms with van der Waals surface area (Å²) in [4.78, 5) is 33.8. The van der Waals surface area contributed by atoms with E-state index < -0.39 is 24.0 Å². The second-order valence-corrected chi connectivity index (χ2v) is 4.30. The van der Waals surface area contributed by atoms with Gasteiger partial charge in [0.2, 0.25) is 5.91 Å². The fourth-order valence-corrected chi connectivity index (χ4v) is 1.36. The normalized spacial score (nSPS) is 13.2. The molecule has 0 rings (SSSR count). The molecule has 8 heteroatoms. The lowest BCUT2D eigenvalue weighted by molar-refractivity contribution is -0.141. The third kappa shape index (κ3) is 7.57. The first-order valence-electron chi connectivity index (χ1n) is 6.46. The van der Waals surface area contributed by atoms with Crippen molar-refractivity contribution in [2.24, 2.45) is 5.92 Å². The molecule has 0 aliphatic carbocycles. The maximum Gasteiger partial charge on any atom is 0.315 e. The third-order valence-corrected chi connectivity index (χ3v) is 2.70. The van der Waals surface area contributed by atoms with Crippen LogP contribution in [0.4, 0.5) is 4.79 Å². The molecule has 3 amide bonds. The molecule has 0 aromatic carbocycles. The molecular weight excluding hydrogens is 266 g/mol. The first-order chi connectivity index (χ1) is 9.42. The Morgan fingerprint density at radius 3 is 2.40 bits per heavy atom. The minimum atomic E-state index is -0.960. The van der Waals surface area contributed by atoms with Crippen molar-refractivity contribution in [2.45, 2.75) is 26.3 Å². The number of rotatable bonds is 9. The lowest BCUT2D eigenvalue weighted by Crippen LogP contribution is -2.49. The molecule has 0 aliphatic heterocycles. The second kappa shape index (κ2) is 10.0. The average molecular weight is 289 g/mol.